The number of pyridine rings is 2. The van der Waals surface area contributed by atoms with Gasteiger partial charge < -0.3 is 10.0 Å². The number of fused-ring (bicyclic) bond motifs is 2. The highest BCUT2D eigenvalue weighted by Crippen LogP contribution is 2.22. The normalized spacial score (nSPS) is 10.1. The molecule has 6 heteroatoms. The third kappa shape index (κ3) is 7.09. The molecule has 2 N–H and O–H groups in total. The Kier molecular flexibility index (Phi) is 8.95. The molecule has 6 rings (SSSR count). The van der Waals surface area contributed by atoms with E-state index in [1.165, 1.54) is 21.9 Å². The molecule has 0 aliphatic rings. The van der Waals surface area contributed by atoms with Crippen LogP contribution in [0.25, 0.3) is 32.9 Å². The number of aromatic nitrogens is 2. The Bertz CT molecular complexity index is 1530. The van der Waals surface area contributed by atoms with Gasteiger partial charge in [-0.05, 0) is 46.9 Å². The summed E-state index contributed by atoms with van der Waals surface area (Å²) >= 11 is 3.39. The fourth-order valence-electron chi connectivity index (χ4n) is 3.54. The first-order valence-corrected chi connectivity index (χ1v) is 12.2. The predicted octanol–water partition coefficient (Wildman–Crippen LogP) is 6.27. The Hall–Kier alpha value is -3.84. The Balaban J connectivity index is 0.000000134. The summed E-state index contributed by atoms with van der Waals surface area (Å²) in [6.07, 6.45) is 3.63. The van der Waals surface area contributed by atoms with Gasteiger partial charge in [-0.25, -0.2) is 0 Å². The van der Waals surface area contributed by atoms with Crippen LogP contribution in [0.2, 0.25) is 0 Å². The van der Waals surface area contributed by atoms with Gasteiger partial charge in [-0.2, -0.15) is 0 Å². The van der Waals surface area contributed by atoms with Crippen LogP contribution in [0.1, 0.15) is 0 Å². The topological polar surface area (TPSA) is 66.2 Å². The molecule has 0 unspecified atom stereocenters. The highest BCUT2D eigenvalue weighted by molar-refractivity contribution is 9.10. The fraction of sp³-hybridized carbons (Fsp3) is 0. The van der Waals surface area contributed by atoms with Crippen LogP contribution in [0, 0.1) is 0 Å². The maximum absolute atomic E-state index is 8.58. The van der Waals surface area contributed by atoms with Crippen LogP contribution < -0.4 is 5.46 Å². The van der Waals surface area contributed by atoms with Gasteiger partial charge in [0.25, 0.3) is 0 Å². The molecule has 2 aromatic heterocycles. The quantitative estimate of drug-likeness (QED) is 0.257. The van der Waals surface area contributed by atoms with Gasteiger partial charge in [0, 0.05) is 27.6 Å². The van der Waals surface area contributed by atoms with Crippen molar-refractivity contribution < 1.29 is 10.0 Å². The van der Waals surface area contributed by atoms with E-state index in [0.29, 0.717) is 5.46 Å². The minimum absolute atomic E-state index is 0.525. The second kappa shape index (κ2) is 12.7. The van der Waals surface area contributed by atoms with E-state index in [0.717, 1.165) is 15.5 Å². The van der Waals surface area contributed by atoms with Gasteiger partial charge in [-0.1, -0.05) is 107 Å². The lowest BCUT2D eigenvalue weighted by molar-refractivity contribution is 0.426. The van der Waals surface area contributed by atoms with Gasteiger partial charge in [-0.15, -0.1) is 0 Å². The van der Waals surface area contributed by atoms with Crippen molar-refractivity contribution in [3.05, 3.63) is 138 Å². The molecule has 0 aliphatic carbocycles. The molecule has 0 atom stereocenters. The van der Waals surface area contributed by atoms with Crippen molar-refractivity contribution in [2.45, 2.75) is 0 Å². The average Bonchev–Trinajstić information content (AvgIpc) is 2.94. The minimum Gasteiger partial charge on any atom is -0.423 e. The molecular formula is C30H24BBrN2O2. The van der Waals surface area contributed by atoms with E-state index < -0.39 is 7.12 Å². The van der Waals surface area contributed by atoms with Crippen molar-refractivity contribution in [1.82, 2.24) is 9.97 Å². The fourth-order valence-corrected chi connectivity index (χ4v) is 3.89. The maximum atomic E-state index is 8.58. The van der Waals surface area contributed by atoms with Crippen LogP contribution in [0.4, 0.5) is 0 Å². The minimum atomic E-state index is -1.34. The van der Waals surface area contributed by atoms with Crippen molar-refractivity contribution in [3.63, 3.8) is 0 Å². The van der Waals surface area contributed by atoms with E-state index in [2.05, 4.69) is 80.5 Å². The lowest BCUT2D eigenvalue weighted by Crippen LogP contribution is -2.29. The van der Waals surface area contributed by atoms with Crippen LogP contribution >= 0.6 is 15.9 Å². The van der Waals surface area contributed by atoms with E-state index in [9.17, 15) is 0 Å². The lowest BCUT2D eigenvalue weighted by Gasteiger charge is -2.02. The molecule has 0 radical (unpaired) electrons. The highest BCUT2D eigenvalue weighted by Gasteiger charge is 2.07. The molecule has 0 saturated heterocycles. The predicted molar refractivity (Wildman–Crippen MR) is 153 cm³/mol. The Morgan fingerprint density at radius 1 is 0.528 bits per heavy atom. The van der Waals surface area contributed by atoms with Gasteiger partial charge >= 0.3 is 7.12 Å². The zero-order valence-corrected chi connectivity index (χ0v) is 21.0. The molecule has 6 aromatic rings. The first-order chi connectivity index (χ1) is 17.6. The van der Waals surface area contributed by atoms with Crippen molar-refractivity contribution in [3.8, 4) is 11.1 Å². The van der Waals surface area contributed by atoms with Crippen molar-refractivity contribution in [2.24, 2.45) is 0 Å². The van der Waals surface area contributed by atoms with Crippen LogP contribution in [0.15, 0.2) is 138 Å². The summed E-state index contributed by atoms with van der Waals surface area (Å²) in [6.45, 7) is 0. The molecule has 0 fully saturated rings. The van der Waals surface area contributed by atoms with Crippen LogP contribution in [-0.2, 0) is 0 Å². The Morgan fingerprint density at radius 3 is 1.67 bits per heavy atom. The summed E-state index contributed by atoms with van der Waals surface area (Å²) in [5.41, 5.74) is 5.05. The van der Waals surface area contributed by atoms with Crippen LogP contribution in [0.5, 0.6) is 0 Å². The Labute approximate surface area is 219 Å². The molecule has 0 spiro atoms. The molecule has 176 valence electrons. The highest BCUT2D eigenvalue weighted by atomic mass is 79.9. The van der Waals surface area contributed by atoms with Crippen molar-refractivity contribution in [1.29, 1.82) is 0 Å². The number of rotatable bonds is 2. The first kappa shape index (κ1) is 25.3. The van der Waals surface area contributed by atoms with Crippen molar-refractivity contribution in [2.75, 3.05) is 0 Å². The van der Waals surface area contributed by atoms with Crippen molar-refractivity contribution >= 4 is 50.3 Å². The van der Waals surface area contributed by atoms with E-state index in [-0.39, 0.29) is 0 Å². The molecule has 4 aromatic carbocycles. The van der Waals surface area contributed by atoms with Crippen LogP contribution in [0.3, 0.4) is 0 Å². The van der Waals surface area contributed by atoms with E-state index in [1.807, 2.05) is 48.7 Å². The maximum Gasteiger partial charge on any atom is 0.488 e. The molecule has 0 saturated carbocycles. The summed E-state index contributed by atoms with van der Waals surface area (Å²) in [5, 5.41) is 19.5. The average molecular weight is 535 g/mol. The van der Waals surface area contributed by atoms with Gasteiger partial charge in [0.05, 0.1) is 11.0 Å². The molecule has 4 nitrogen and oxygen atoms in total. The zero-order valence-electron chi connectivity index (χ0n) is 19.4. The van der Waals surface area contributed by atoms with Gasteiger partial charge in [0.15, 0.2) is 0 Å². The molecule has 0 bridgehead atoms. The summed E-state index contributed by atoms with van der Waals surface area (Å²) in [4.78, 5) is 8.58. The molecule has 0 aliphatic heterocycles. The smallest absolute Gasteiger partial charge is 0.423 e. The number of hydrogen-bond donors (Lipinski definition) is 2. The summed E-state index contributed by atoms with van der Waals surface area (Å²) < 4.78 is 1.07. The van der Waals surface area contributed by atoms with E-state index in [4.69, 9.17) is 10.0 Å². The van der Waals surface area contributed by atoms with Gasteiger partial charge in [0.2, 0.25) is 0 Å². The summed E-state index contributed by atoms with van der Waals surface area (Å²) in [7, 11) is -1.34. The second-order valence-corrected chi connectivity index (χ2v) is 8.82. The number of hydrogen-bond acceptors (Lipinski definition) is 4. The van der Waals surface area contributed by atoms with Gasteiger partial charge in [0.1, 0.15) is 0 Å². The number of benzene rings is 4. The number of nitrogens with zero attached hydrogens (tertiary/aromatic N) is 2. The summed E-state index contributed by atoms with van der Waals surface area (Å²) in [5.74, 6) is 0. The summed E-state index contributed by atoms with van der Waals surface area (Å²) in [6, 6.07) is 39.5. The van der Waals surface area contributed by atoms with E-state index >= 15 is 0 Å². The SMILES string of the molecule is Brc1ccc2cccnc2c1.OB(O)c1ccccc1.c1ccc(-c2ccc3cccnc3c2)cc1. The first-order valence-electron chi connectivity index (χ1n) is 11.4. The zero-order chi connectivity index (χ0) is 25.2. The number of halogens is 1. The monoisotopic (exact) mass is 534 g/mol. The molecule has 0 amide bonds. The largest absolute Gasteiger partial charge is 0.488 e. The van der Waals surface area contributed by atoms with Gasteiger partial charge in [-0.3, -0.25) is 9.97 Å². The molecular weight excluding hydrogens is 511 g/mol. The second-order valence-electron chi connectivity index (χ2n) is 7.90. The standard InChI is InChI=1S/C15H11N.C9H6BrN.C6H7BO2/c1-2-5-12(6-3-1)14-9-8-13-7-4-10-16-15(13)11-14;10-8-4-3-7-2-1-5-11-9(7)6-8;8-7(9)6-4-2-1-3-5-6/h1-11H;1-6H;1-5,8-9H. The Morgan fingerprint density at radius 2 is 1.08 bits per heavy atom. The van der Waals surface area contributed by atoms with Crippen LogP contribution in [-0.4, -0.2) is 27.1 Å². The lowest BCUT2D eigenvalue weighted by atomic mass is 9.81. The third-order valence-electron chi connectivity index (χ3n) is 5.38. The molecule has 2 heterocycles. The van der Waals surface area contributed by atoms with E-state index in [1.54, 1.807) is 30.5 Å². The molecule has 36 heavy (non-hydrogen) atoms. The third-order valence-corrected chi connectivity index (χ3v) is 5.87.